The Morgan fingerprint density at radius 2 is 1.87 bits per heavy atom. The second kappa shape index (κ2) is 9.38. The number of hydrogen-bond acceptors (Lipinski definition) is 5. The lowest BCUT2D eigenvalue weighted by molar-refractivity contribution is -0.114. The third-order valence-electron chi connectivity index (χ3n) is 5.90. The molecule has 8 heteroatoms. The van der Waals surface area contributed by atoms with Gasteiger partial charge in [-0.3, -0.25) is 4.79 Å². The number of sulfonamides is 1. The van der Waals surface area contributed by atoms with E-state index < -0.39 is 10.0 Å². The zero-order valence-corrected chi connectivity index (χ0v) is 18.6. The Morgan fingerprint density at radius 1 is 1.10 bits per heavy atom. The van der Waals surface area contributed by atoms with Gasteiger partial charge in [0, 0.05) is 24.5 Å². The van der Waals surface area contributed by atoms with Crippen LogP contribution in [0.3, 0.4) is 0 Å². The maximum Gasteiger partial charge on any atom is 0.243 e. The lowest BCUT2D eigenvalue weighted by Gasteiger charge is -2.26. The van der Waals surface area contributed by atoms with Gasteiger partial charge < -0.3 is 15.4 Å². The molecule has 31 heavy (non-hydrogen) atoms. The highest BCUT2D eigenvalue weighted by atomic mass is 32.2. The molecule has 1 fully saturated rings. The first-order chi connectivity index (χ1) is 14.9. The Morgan fingerprint density at radius 3 is 2.68 bits per heavy atom. The van der Waals surface area contributed by atoms with Gasteiger partial charge in [-0.15, -0.1) is 0 Å². The van der Waals surface area contributed by atoms with Gasteiger partial charge in [-0.1, -0.05) is 18.2 Å². The van der Waals surface area contributed by atoms with Gasteiger partial charge in [0.15, 0.2) is 0 Å². The zero-order chi connectivity index (χ0) is 21.8. The van der Waals surface area contributed by atoms with Crippen LogP contribution >= 0.6 is 0 Å². The van der Waals surface area contributed by atoms with E-state index in [0.717, 1.165) is 18.5 Å². The molecule has 0 radical (unpaired) electrons. The van der Waals surface area contributed by atoms with Crippen LogP contribution in [-0.2, 0) is 32.4 Å². The van der Waals surface area contributed by atoms with Gasteiger partial charge >= 0.3 is 0 Å². The molecule has 4 rings (SSSR count). The summed E-state index contributed by atoms with van der Waals surface area (Å²) >= 11 is 0. The number of nitrogens with zero attached hydrogens (tertiary/aromatic N) is 1. The van der Waals surface area contributed by atoms with Crippen molar-refractivity contribution in [2.24, 2.45) is 0 Å². The highest BCUT2D eigenvalue weighted by Gasteiger charge is 2.28. The standard InChI is InChI=1S/C23H29N3O4S/c1-17-9-10-19(15-22(17)31(28,29)26-11-13-30-14-12-26)25-23(27)16-24-21-8-4-6-18-5-2-3-7-20(18)21/h4,6,8-10,15,24H,2-3,5,7,11-14,16H2,1H3,(H,25,27). The van der Waals surface area contributed by atoms with Gasteiger partial charge in [0.25, 0.3) is 0 Å². The summed E-state index contributed by atoms with van der Waals surface area (Å²) in [5.41, 5.74) is 4.79. The Bertz CT molecular complexity index is 1060. The van der Waals surface area contributed by atoms with Crippen molar-refractivity contribution in [1.82, 2.24) is 4.31 Å². The third kappa shape index (κ3) is 4.92. The summed E-state index contributed by atoms with van der Waals surface area (Å²) in [5.74, 6) is -0.216. The van der Waals surface area contributed by atoms with Crippen molar-refractivity contribution in [2.75, 3.05) is 43.5 Å². The molecule has 0 unspecified atom stereocenters. The van der Waals surface area contributed by atoms with E-state index in [1.54, 1.807) is 25.1 Å². The lowest BCUT2D eigenvalue weighted by atomic mass is 9.90. The second-order valence-corrected chi connectivity index (χ2v) is 9.96. The van der Waals surface area contributed by atoms with Crippen molar-refractivity contribution < 1.29 is 17.9 Å². The first-order valence-corrected chi connectivity index (χ1v) is 12.2. The SMILES string of the molecule is Cc1ccc(NC(=O)CNc2cccc3c2CCCC3)cc1S(=O)(=O)N1CCOCC1. The van der Waals surface area contributed by atoms with Crippen LogP contribution in [0.1, 0.15) is 29.5 Å². The van der Waals surface area contributed by atoms with Crippen LogP contribution in [-0.4, -0.2) is 51.5 Å². The summed E-state index contributed by atoms with van der Waals surface area (Å²) in [6.07, 6.45) is 4.49. The Balaban J connectivity index is 1.44. The van der Waals surface area contributed by atoms with E-state index in [1.807, 2.05) is 12.1 Å². The minimum absolute atomic E-state index is 0.121. The molecule has 2 aliphatic rings. The number of morpholine rings is 1. The van der Waals surface area contributed by atoms with Gasteiger partial charge in [-0.2, -0.15) is 4.31 Å². The van der Waals surface area contributed by atoms with E-state index in [1.165, 1.54) is 28.3 Å². The highest BCUT2D eigenvalue weighted by molar-refractivity contribution is 7.89. The maximum atomic E-state index is 13.0. The fourth-order valence-corrected chi connectivity index (χ4v) is 5.87. The summed E-state index contributed by atoms with van der Waals surface area (Å²) in [7, 11) is -3.63. The van der Waals surface area contributed by atoms with Crippen LogP contribution in [0.25, 0.3) is 0 Å². The van der Waals surface area contributed by atoms with E-state index in [2.05, 4.69) is 16.7 Å². The van der Waals surface area contributed by atoms with Crippen LogP contribution < -0.4 is 10.6 Å². The molecule has 7 nitrogen and oxygen atoms in total. The normalized spacial score (nSPS) is 17.1. The van der Waals surface area contributed by atoms with Gasteiger partial charge in [0.1, 0.15) is 0 Å². The molecule has 0 spiro atoms. The summed E-state index contributed by atoms with van der Waals surface area (Å²) in [6.45, 7) is 3.34. The quantitative estimate of drug-likeness (QED) is 0.717. The molecule has 0 saturated carbocycles. The molecule has 1 saturated heterocycles. The largest absolute Gasteiger partial charge is 0.379 e. The molecule has 166 valence electrons. The number of amides is 1. The Labute approximate surface area is 183 Å². The van der Waals surface area contributed by atoms with Gasteiger partial charge in [-0.25, -0.2) is 8.42 Å². The monoisotopic (exact) mass is 443 g/mol. The molecule has 1 amide bonds. The number of ether oxygens (including phenoxy) is 1. The molecular formula is C23H29N3O4S. The smallest absolute Gasteiger partial charge is 0.243 e. The molecular weight excluding hydrogens is 414 g/mol. The van der Waals surface area contributed by atoms with Crippen molar-refractivity contribution in [2.45, 2.75) is 37.5 Å². The number of carbonyl (C=O) groups excluding carboxylic acids is 1. The van der Waals surface area contributed by atoms with Crippen molar-refractivity contribution >= 4 is 27.3 Å². The second-order valence-electron chi connectivity index (χ2n) is 8.05. The third-order valence-corrected chi connectivity index (χ3v) is 7.94. The van der Waals surface area contributed by atoms with Gasteiger partial charge in [0.2, 0.25) is 15.9 Å². The molecule has 2 N–H and O–H groups in total. The number of fused-ring (bicyclic) bond motifs is 1. The van der Waals surface area contributed by atoms with Crippen LogP contribution in [0.5, 0.6) is 0 Å². The highest BCUT2D eigenvalue weighted by Crippen LogP contribution is 2.28. The minimum atomic E-state index is -3.63. The predicted molar refractivity (Wildman–Crippen MR) is 121 cm³/mol. The van der Waals surface area contributed by atoms with Crippen molar-refractivity contribution in [3.05, 3.63) is 53.1 Å². The Kier molecular flexibility index (Phi) is 6.60. The summed E-state index contributed by atoms with van der Waals surface area (Å²) < 4.78 is 32.8. The van der Waals surface area contributed by atoms with Crippen LogP contribution in [0.4, 0.5) is 11.4 Å². The predicted octanol–water partition coefficient (Wildman–Crippen LogP) is 2.95. The summed E-state index contributed by atoms with van der Waals surface area (Å²) in [4.78, 5) is 12.8. The molecule has 0 aromatic heterocycles. The molecule has 0 bridgehead atoms. The number of benzene rings is 2. The maximum absolute atomic E-state index is 13.0. The van der Waals surface area contributed by atoms with Crippen LogP contribution in [0.2, 0.25) is 0 Å². The number of nitrogens with one attached hydrogen (secondary N) is 2. The number of rotatable bonds is 6. The summed E-state index contributed by atoms with van der Waals surface area (Å²) in [5, 5.41) is 6.07. The number of hydrogen-bond donors (Lipinski definition) is 2. The molecule has 2 aromatic carbocycles. The topological polar surface area (TPSA) is 87.7 Å². The van der Waals surface area contributed by atoms with E-state index >= 15 is 0 Å². The molecule has 1 aliphatic heterocycles. The van der Waals surface area contributed by atoms with Crippen LogP contribution in [0.15, 0.2) is 41.3 Å². The van der Waals surface area contributed by atoms with Crippen LogP contribution in [0, 0.1) is 6.92 Å². The molecule has 0 atom stereocenters. The number of aryl methyl sites for hydroxylation is 2. The van der Waals surface area contributed by atoms with E-state index in [-0.39, 0.29) is 17.3 Å². The lowest BCUT2D eigenvalue weighted by Crippen LogP contribution is -2.40. The summed E-state index contributed by atoms with van der Waals surface area (Å²) in [6, 6.07) is 11.2. The average molecular weight is 444 g/mol. The fraction of sp³-hybridized carbons (Fsp3) is 0.435. The first kappa shape index (κ1) is 21.8. The molecule has 2 aromatic rings. The van der Waals surface area contributed by atoms with Crippen molar-refractivity contribution in [1.29, 1.82) is 0 Å². The average Bonchev–Trinajstić information content (AvgIpc) is 2.79. The zero-order valence-electron chi connectivity index (χ0n) is 17.8. The minimum Gasteiger partial charge on any atom is -0.379 e. The van der Waals surface area contributed by atoms with Gasteiger partial charge in [0.05, 0.1) is 24.7 Å². The van der Waals surface area contributed by atoms with Crippen molar-refractivity contribution in [3.63, 3.8) is 0 Å². The van der Waals surface area contributed by atoms with E-state index in [4.69, 9.17) is 4.74 Å². The molecule has 1 heterocycles. The number of anilines is 2. The van der Waals surface area contributed by atoms with E-state index in [9.17, 15) is 13.2 Å². The number of carbonyl (C=O) groups is 1. The van der Waals surface area contributed by atoms with Crippen molar-refractivity contribution in [3.8, 4) is 0 Å². The van der Waals surface area contributed by atoms with Gasteiger partial charge in [-0.05, 0) is 67.5 Å². The Hall–Kier alpha value is -2.42. The fourth-order valence-electron chi connectivity index (χ4n) is 4.21. The van der Waals surface area contributed by atoms with E-state index in [0.29, 0.717) is 37.6 Å². The molecule has 1 aliphatic carbocycles. The first-order valence-electron chi connectivity index (χ1n) is 10.8.